The normalized spacial score (nSPS) is 20.4. The molecule has 0 unspecified atom stereocenters. The number of carbonyl (C=O) groups is 3. The maximum absolute atomic E-state index is 12.9. The lowest BCUT2D eigenvalue weighted by molar-refractivity contribution is -0.215. The summed E-state index contributed by atoms with van der Waals surface area (Å²) >= 11 is 0. The van der Waals surface area contributed by atoms with Crippen LogP contribution >= 0.6 is 0 Å². The van der Waals surface area contributed by atoms with E-state index in [1.54, 1.807) is 13.8 Å². The zero-order chi connectivity index (χ0) is 22.5. The summed E-state index contributed by atoms with van der Waals surface area (Å²) in [4.78, 5) is 38.4. The van der Waals surface area contributed by atoms with E-state index in [0.29, 0.717) is 6.42 Å². The van der Waals surface area contributed by atoms with Crippen molar-refractivity contribution in [2.75, 3.05) is 13.7 Å². The van der Waals surface area contributed by atoms with Crippen molar-refractivity contribution in [1.29, 1.82) is 0 Å². The third-order valence-electron chi connectivity index (χ3n) is 4.93. The van der Waals surface area contributed by atoms with E-state index in [0.717, 1.165) is 7.11 Å². The summed E-state index contributed by atoms with van der Waals surface area (Å²) < 4.78 is 43.3. The maximum Gasteiger partial charge on any atom is 0.416 e. The Kier molecular flexibility index (Phi) is 8.73. The number of likely N-dealkylation sites (tertiary alicyclic amines) is 1. The molecule has 1 aliphatic heterocycles. The molecule has 3 amide bonds. The first-order chi connectivity index (χ1) is 13.3. The van der Waals surface area contributed by atoms with Crippen LogP contribution in [-0.4, -0.2) is 72.0 Å². The molecule has 1 fully saturated rings. The highest BCUT2D eigenvalue weighted by molar-refractivity contribution is 5.92. The minimum atomic E-state index is -4.89. The number of alkyl halides is 3. The van der Waals surface area contributed by atoms with Gasteiger partial charge in [0, 0.05) is 6.54 Å². The number of aliphatic hydroxyl groups is 1. The van der Waals surface area contributed by atoms with Gasteiger partial charge in [-0.05, 0) is 24.7 Å². The van der Waals surface area contributed by atoms with Crippen LogP contribution in [0.4, 0.5) is 18.0 Å². The van der Waals surface area contributed by atoms with Crippen LogP contribution in [0.2, 0.25) is 0 Å². The van der Waals surface area contributed by atoms with Crippen molar-refractivity contribution in [2.24, 2.45) is 11.8 Å². The fraction of sp³-hybridized carbons (Fsp3) is 0.833. The van der Waals surface area contributed by atoms with Crippen LogP contribution in [0.25, 0.3) is 0 Å². The summed E-state index contributed by atoms with van der Waals surface area (Å²) in [6.45, 7) is 6.55. The van der Waals surface area contributed by atoms with Gasteiger partial charge >= 0.3 is 12.3 Å². The van der Waals surface area contributed by atoms with Crippen molar-refractivity contribution >= 4 is 17.9 Å². The van der Waals surface area contributed by atoms with E-state index in [2.05, 4.69) is 15.4 Å². The Balaban J connectivity index is 2.97. The Bertz CT molecular complexity index is 598. The van der Waals surface area contributed by atoms with E-state index in [-0.39, 0.29) is 18.9 Å². The van der Waals surface area contributed by atoms with Crippen LogP contribution < -0.4 is 10.6 Å². The Morgan fingerprint density at radius 3 is 2.14 bits per heavy atom. The van der Waals surface area contributed by atoms with Gasteiger partial charge in [0.2, 0.25) is 11.8 Å². The van der Waals surface area contributed by atoms with Gasteiger partial charge < -0.3 is 25.4 Å². The molecule has 1 saturated heterocycles. The SMILES string of the molecule is COC(=O)N[C@H](C(=O)N1CCC[C@H]1C(=O)N[C@@H](C(C)C)[C@@H](O)C(F)(F)F)C(C)C. The Labute approximate surface area is 168 Å². The van der Waals surface area contributed by atoms with Gasteiger partial charge in [-0.1, -0.05) is 27.7 Å². The second kappa shape index (κ2) is 10.1. The first-order valence-electron chi connectivity index (χ1n) is 9.51. The van der Waals surface area contributed by atoms with Gasteiger partial charge in [-0.3, -0.25) is 9.59 Å². The Morgan fingerprint density at radius 1 is 1.10 bits per heavy atom. The Hall–Kier alpha value is -2.04. The number of carbonyl (C=O) groups excluding carboxylic acids is 3. The fourth-order valence-corrected chi connectivity index (χ4v) is 3.26. The lowest BCUT2D eigenvalue weighted by atomic mass is 9.97. The highest BCUT2D eigenvalue weighted by Gasteiger charge is 2.46. The van der Waals surface area contributed by atoms with Gasteiger partial charge in [0.1, 0.15) is 12.1 Å². The number of nitrogens with zero attached hydrogens (tertiary/aromatic N) is 1. The van der Waals surface area contributed by atoms with Gasteiger partial charge in [-0.15, -0.1) is 0 Å². The zero-order valence-corrected chi connectivity index (χ0v) is 17.2. The molecular formula is C18H30F3N3O5. The van der Waals surface area contributed by atoms with E-state index in [1.807, 2.05) is 0 Å². The van der Waals surface area contributed by atoms with E-state index in [9.17, 15) is 32.7 Å². The predicted molar refractivity (Wildman–Crippen MR) is 97.7 cm³/mol. The lowest BCUT2D eigenvalue weighted by Crippen LogP contribution is -2.59. The standard InChI is InChI=1S/C18H30F3N3O5/c1-9(2)12(14(25)18(19,20)21)22-15(26)11-7-6-8-24(11)16(27)13(10(3)4)23-17(28)29-5/h9-14,25H,6-8H2,1-5H3,(H,22,26)(H,23,28)/t11-,12-,13-,14+/m0/s1. The van der Waals surface area contributed by atoms with Crippen LogP contribution in [-0.2, 0) is 14.3 Å². The van der Waals surface area contributed by atoms with Crippen LogP contribution in [0.1, 0.15) is 40.5 Å². The molecule has 8 nitrogen and oxygen atoms in total. The third-order valence-corrected chi connectivity index (χ3v) is 4.93. The van der Waals surface area contributed by atoms with Crippen LogP contribution in [0.3, 0.4) is 0 Å². The highest BCUT2D eigenvalue weighted by Crippen LogP contribution is 2.26. The molecule has 0 aromatic rings. The average Bonchev–Trinajstić information content (AvgIpc) is 3.11. The number of halogens is 3. The predicted octanol–water partition coefficient (Wildman–Crippen LogP) is 1.42. The number of methoxy groups -OCH3 is 1. The number of alkyl carbamates (subject to hydrolysis) is 1. The topological polar surface area (TPSA) is 108 Å². The molecule has 1 heterocycles. The zero-order valence-electron chi connectivity index (χ0n) is 17.2. The summed E-state index contributed by atoms with van der Waals surface area (Å²) in [6, 6.07) is -3.48. The van der Waals surface area contributed by atoms with Crippen LogP contribution in [0.5, 0.6) is 0 Å². The fourth-order valence-electron chi connectivity index (χ4n) is 3.26. The molecule has 11 heteroatoms. The van der Waals surface area contributed by atoms with Crippen LogP contribution in [0, 0.1) is 11.8 Å². The summed E-state index contributed by atoms with van der Waals surface area (Å²) in [5.74, 6) is -2.27. The quantitative estimate of drug-likeness (QED) is 0.572. The molecule has 0 bridgehead atoms. The monoisotopic (exact) mass is 425 g/mol. The minimum Gasteiger partial charge on any atom is -0.453 e. The molecule has 1 rings (SSSR count). The first-order valence-corrected chi connectivity index (χ1v) is 9.51. The van der Waals surface area contributed by atoms with Crippen molar-refractivity contribution in [1.82, 2.24) is 15.5 Å². The number of amides is 3. The highest BCUT2D eigenvalue weighted by atomic mass is 19.4. The molecule has 3 N–H and O–H groups in total. The van der Waals surface area contributed by atoms with E-state index in [4.69, 9.17) is 0 Å². The molecule has 168 valence electrons. The smallest absolute Gasteiger partial charge is 0.416 e. The summed E-state index contributed by atoms with van der Waals surface area (Å²) in [7, 11) is 1.15. The molecule has 4 atom stereocenters. The van der Waals surface area contributed by atoms with Gasteiger partial charge in [-0.2, -0.15) is 13.2 Å². The van der Waals surface area contributed by atoms with E-state index < -0.39 is 54.2 Å². The molecule has 0 aliphatic carbocycles. The first kappa shape index (κ1) is 25.0. The molecule has 1 aliphatic rings. The van der Waals surface area contributed by atoms with Crippen LogP contribution in [0.15, 0.2) is 0 Å². The molecule has 0 aromatic heterocycles. The van der Waals surface area contributed by atoms with Crippen molar-refractivity contribution < 1.29 is 37.4 Å². The summed E-state index contributed by atoms with van der Waals surface area (Å²) in [5.41, 5.74) is 0. The molecule has 0 saturated carbocycles. The largest absolute Gasteiger partial charge is 0.453 e. The van der Waals surface area contributed by atoms with E-state index >= 15 is 0 Å². The summed E-state index contributed by atoms with van der Waals surface area (Å²) in [6.07, 6.45) is -7.65. The van der Waals surface area contributed by atoms with E-state index in [1.165, 1.54) is 18.7 Å². The van der Waals surface area contributed by atoms with Crippen molar-refractivity contribution in [2.45, 2.75) is 70.9 Å². The molecular weight excluding hydrogens is 395 g/mol. The van der Waals surface area contributed by atoms with Gasteiger partial charge in [0.05, 0.1) is 13.2 Å². The average molecular weight is 425 g/mol. The maximum atomic E-state index is 12.9. The number of nitrogens with one attached hydrogen (secondary N) is 2. The molecule has 0 spiro atoms. The third kappa shape index (κ3) is 6.48. The number of aliphatic hydroxyl groups excluding tert-OH is 1. The van der Waals surface area contributed by atoms with Gasteiger partial charge in [-0.25, -0.2) is 4.79 Å². The van der Waals surface area contributed by atoms with Gasteiger partial charge in [0.25, 0.3) is 0 Å². The second-order valence-corrected chi connectivity index (χ2v) is 7.81. The number of ether oxygens (including phenoxy) is 1. The van der Waals surface area contributed by atoms with Gasteiger partial charge in [0.15, 0.2) is 6.10 Å². The molecule has 0 radical (unpaired) electrons. The lowest BCUT2D eigenvalue weighted by Gasteiger charge is -2.33. The van der Waals surface area contributed by atoms with Crippen molar-refractivity contribution in [3.05, 3.63) is 0 Å². The Morgan fingerprint density at radius 2 is 1.69 bits per heavy atom. The van der Waals surface area contributed by atoms with Crippen molar-refractivity contribution in [3.8, 4) is 0 Å². The number of hydrogen-bond donors (Lipinski definition) is 3. The summed E-state index contributed by atoms with van der Waals surface area (Å²) in [5, 5.41) is 14.3. The second-order valence-electron chi connectivity index (χ2n) is 7.81. The van der Waals surface area contributed by atoms with Crippen molar-refractivity contribution in [3.63, 3.8) is 0 Å². The number of hydrogen-bond acceptors (Lipinski definition) is 5. The molecule has 29 heavy (non-hydrogen) atoms. The minimum absolute atomic E-state index is 0.233. The number of rotatable bonds is 7. The molecule has 0 aromatic carbocycles.